The van der Waals surface area contributed by atoms with E-state index in [4.69, 9.17) is 0 Å². The molecule has 1 rings (SSSR count). The first-order valence-corrected chi connectivity index (χ1v) is 4.39. The van der Waals surface area contributed by atoms with Crippen molar-refractivity contribution in [2.24, 2.45) is 0 Å². The van der Waals surface area contributed by atoms with Gasteiger partial charge in [0, 0.05) is 6.42 Å². The Morgan fingerprint density at radius 1 is 1.21 bits per heavy atom. The predicted octanol–water partition coefficient (Wildman–Crippen LogP) is 1.36. The number of hydrogen-bond acceptors (Lipinski definition) is 3. The Morgan fingerprint density at radius 3 is 2.43 bits per heavy atom. The van der Waals surface area contributed by atoms with Crippen molar-refractivity contribution in [2.75, 3.05) is 7.11 Å². The second-order valence-corrected chi connectivity index (χ2v) is 2.90. The maximum absolute atomic E-state index is 11.1. The van der Waals surface area contributed by atoms with Crippen molar-refractivity contribution in [3.05, 3.63) is 35.9 Å². The number of carbonyl (C=O) groups is 2. The Kier molecular flexibility index (Phi) is 3.85. The van der Waals surface area contributed by atoms with Crippen molar-refractivity contribution in [3.63, 3.8) is 0 Å². The Hall–Kier alpha value is -1.64. The molecule has 14 heavy (non-hydrogen) atoms. The molecule has 0 bridgehead atoms. The minimum Gasteiger partial charge on any atom is -0.463 e. The van der Waals surface area contributed by atoms with Crippen LogP contribution >= 0.6 is 0 Å². The van der Waals surface area contributed by atoms with Gasteiger partial charge in [-0.15, -0.1) is 0 Å². The third kappa shape index (κ3) is 3.01. The van der Waals surface area contributed by atoms with Crippen LogP contribution in [0.15, 0.2) is 30.3 Å². The van der Waals surface area contributed by atoms with Gasteiger partial charge in [0.15, 0.2) is 0 Å². The molecule has 0 saturated heterocycles. The number of methoxy groups -OCH3 is 1. The number of rotatable bonds is 4. The Morgan fingerprint density at radius 2 is 1.86 bits per heavy atom. The van der Waals surface area contributed by atoms with Crippen LogP contribution in [0.2, 0.25) is 0 Å². The minimum atomic E-state index is -0.763. The predicted molar refractivity (Wildman–Crippen MR) is 51.8 cm³/mol. The fraction of sp³-hybridized carbons (Fsp3) is 0.273. The normalized spacial score (nSPS) is 9.50. The molecule has 0 aliphatic rings. The van der Waals surface area contributed by atoms with Gasteiger partial charge in [-0.05, 0) is 12.0 Å². The number of Topliss-reactive ketones (excluding diaryl/α,β-unsaturated/α-hetero) is 1. The fourth-order valence-electron chi connectivity index (χ4n) is 1.12. The van der Waals surface area contributed by atoms with Crippen molar-refractivity contribution in [1.82, 2.24) is 0 Å². The smallest absolute Gasteiger partial charge is 0.374 e. The van der Waals surface area contributed by atoms with Gasteiger partial charge in [-0.25, -0.2) is 4.79 Å². The SMILES string of the molecule is COC(=O)C(=O)CCc1ccccc1. The number of ketones is 1. The third-order valence-corrected chi connectivity index (χ3v) is 1.90. The van der Waals surface area contributed by atoms with Crippen LogP contribution in [0, 0.1) is 0 Å². The van der Waals surface area contributed by atoms with Crippen molar-refractivity contribution in [3.8, 4) is 0 Å². The molecular weight excluding hydrogens is 180 g/mol. The molecule has 74 valence electrons. The average molecular weight is 192 g/mol. The molecule has 0 radical (unpaired) electrons. The summed E-state index contributed by atoms with van der Waals surface area (Å²) in [6.07, 6.45) is 0.783. The molecule has 1 aromatic carbocycles. The molecule has 0 N–H and O–H groups in total. The number of hydrogen-bond donors (Lipinski definition) is 0. The van der Waals surface area contributed by atoms with Crippen LogP contribution in [0.3, 0.4) is 0 Å². The van der Waals surface area contributed by atoms with Crippen LogP contribution < -0.4 is 0 Å². The Balaban J connectivity index is 2.42. The van der Waals surface area contributed by atoms with Crippen molar-refractivity contribution in [2.45, 2.75) is 12.8 Å². The average Bonchev–Trinajstić information content (AvgIpc) is 2.26. The van der Waals surface area contributed by atoms with Gasteiger partial charge < -0.3 is 4.74 Å². The number of ether oxygens (including phenoxy) is 1. The highest BCUT2D eigenvalue weighted by Crippen LogP contribution is 2.02. The standard InChI is InChI=1S/C11H12O3/c1-14-11(13)10(12)8-7-9-5-3-2-4-6-9/h2-6H,7-8H2,1H3. The summed E-state index contributed by atoms with van der Waals surface area (Å²) in [6, 6.07) is 9.55. The number of aryl methyl sites for hydroxylation is 1. The molecule has 0 fully saturated rings. The monoisotopic (exact) mass is 192 g/mol. The molecule has 0 atom stereocenters. The van der Waals surface area contributed by atoms with E-state index in [9.17, 15) is 9.59 Å². The van der Waals surface area contributed by atoms with E-state index in [-0.39, 0.29) is 6.42 Å². The van der Waals surface area contributed by atoms with Crippen molar-refractivity contribution < 1.29 is 14.3 Å². The highest BCUT2D eigenvalue weighted by atomic mass is 16.5. The Bertz CT molecular complexity index is 317. The molecule has 1 aromatic rings. The van der Waals surface area contributed by atoms with E-state index in [2.05, 4.69) is 4.74 Å². The summed E-state index contributed by atoms with van der Waals surface area (Å²) >= 11 is 0. The molecule has 0 aromatic heterocycles. The molecule has 0 aliphatic heterocycles. The van der Waals surface area contributed by atoms with Crippen LogP contribution in [-0.4, -0.2) is 18.9 Å². The van der Waals surface area contributed by atoms with Gasteiger partial charge in [0.25, 0.3) is 0 Å². The van der Waals surface area contributed by atoms with Gasteiger partial charge in [-0.3, -0.25) is 4.79 Å². The molecule has 0 saturated carbocycles. The summed E-state index contributed by atoms with van der Waals surface area (Å²) < 4.78 is 4.31. The lowest BCUT2D eigenvalue weighted by Crippen LogP contribution is -2.15. The summed E-state index contributed by atoms with van der Waals surface area (Å²) in [4.78, 5) is 21.8. The van der Waals surface area contributed by atoms with E-state index in [1.165, 1.54) is 7.11 Å². The summed E-state index contributed by atoms with van der Waals surface area (Å²) in [5.74, 6) is -1.24. The maximum atomic E-state index is 11.1. The zero-order valence-electron chi connectivity index (χ0n) is 8.03. The largest absolute Gasteiger partial charge is 0.463 e. The van der Waals surface area contributed by atoms with Crippen LogP contribution in [0.4, 0.5) is 0 Å². The quantitative estimate of drug-likeness (QED) is 0.534. The lowest BCUT2D eigenvalue weighted by molar-refractivity contribution is -0.151. The molecular formula is C11H12O3. The summed E-state index contributed by atoms with van der Waals surface area (Å²) in [5.41, 5.74) is 1.05. The zero-order chi connectivity index (χ0) is 10.4. The second-order valence-electron chi connectivity index (χ2n) is 2.90. The molecule has 0 aliphatic carbocycles. The summed E-state index contributed by atoms with van der Waals surface area (Å²) in [7, 11) is 1.21. The van der Waals surface area contributed by atoms with E-state index >= 15 is 0 Å². The van der Waals surface area contributed by atoms with E-state index < -0.39 is 11.8 Å². The first-order chi connectivity index (χ1) is 6.74. The third-order valence-electron chi connectivity index (χ3n) is 1.90. The van der Waals surface area contributed by atoms with E-state index in [1.807, 2.05) is 30.3 Å². The lowest BCUT2D eigenvalue weighted by Gasteiger charge is -1.99. The van der Waals surface area contributed by atoms with Gasteiger partial charge in [0.2, 0.25) is 5.78 Å². The molecule has 0 unspecified atom stereocenters. The second kappa shape index (κ2) is 5.17. The van der Waals surface area contributed by atoms with Gasteiger partial charge in [0.1, 0.15) is 0 Å². The molecule has 3 heteroatoms. The maximum Gasteiger partial charge on any atom is 0.374 e. The van der Waals surface area contributed by atoms with Crippen molar-refractivity contribution in [1.29, 1.82) is 0 Å². The first-order valence-electron chi connectivity index (χ1n) is 4.39. The van der Waals surface area contributed by atoms with Gasteiger partial charge in [-0.1, -0.05) is 30.3 Å². The molecule has 0 amide bonds. The minimum absolute atomic E-state index is 0.205. The van der Waals surface area contributed by atoms with E-state index in [1.54, 1.807) is 0 Å². The molecule has 0 heterocycles. The van der Waals surface area contributed by atoms with Gasteiger partial charge in [0.05, 0.1) is 7.11 Å². The van der Waals surface area contributed by atoms with E-state index in [0.717, 1.165) is 5.56 Å². The Labute approximate surface area is 82.7 Å². The van der Waals surface area contributed by atoms with Crippen LogP contribution in [0.5, 0.6) is 0 Å². The zero-order valence-corrected chi connectivity index (χ0v) is 8.03. The molecule has 0 spiro atoms. The highest BCUT2D eigenvalue weighted by Gasteiger charge is 2.12. The van der Waals surface area contributed by atoms with E-state index in [0.29, 0.717) is 6.42 Å². The molecule has 3 nitrogen and oxygen atoms in total. The van der Waals surface area contributed by atoms with Crippen LogP contribution in [0.1, 0.15) is 12.0 Å². The fourth-order valence-corrected chi connectivity index (χ4v) is 1.12. The number of benzene rings is 1. The highest BCUT2D eigenvalue weighted by molar-refractivity contribution is 6.33. The number of carbonyl (C=O) groups excluding carboxylic acids is 2. The topological polar surface area (TPSA) is 43.4 Å². The lowest BCUT2D eigenvalue weighted by atomic mass is 10.1. The summed E-state index contributed by atoms with van der Waals surface area (Å²) in [5, 5.41) is 0. The summed E-state index contributed by atoms with van der Waals surface area (Å²) in [6.45, 7) is 0. The van der Waals surface area contributed by atoms with Crippen LogP contribution in [-0.2, 0) is 20.7 Å². The van der Waals surface area contributed by atoms with Gasteiger partial charge in [-0.2, -0.15) is 0 Å². The van der Waals surface area contributed by atoms with Crippen LogP contribution in [0.25, 0.3) is 0 Å². The number of esters is 1. The first kappa shape index (κ1) is 10.4. The van der Waals surface area contributed by atoms with Gasteiger partial charge >= 0.3 is 5.97 Å². The van der Waals surface area contributed by atoms with Crippen molar-refractivity contribution >= 4 is 11.8 Å².